The first kappa shape index (κ1) is 16.1. The predicted molar refractivity (Wildman–Crippen MR) is 84.1 cm³/mol. The Labute approximate surface area is 127 Å². The molecule has 4 heteroatoms. The Bertz CT molecular complexity index is 467. The first-order valence-electron chi connectivity index (χ1n) is 7.65. The molecule has 2 rings (SSSR count). The average Bonchev–Trinajstić information content (AvgIpc) is 2.55. The van der Waals surface area contributed by atoms with Crippen molar-refractivity contribution in [2.45, 2.75) is 44.1 Å². The van der Waals surface area contributed by atoms with Crippen molar-refractivity contribution in [3.8, 4) is 11.5 Å². The first-order valence-corrected chi connectivity index (χ1v) is 7.65. The molecule has 4 nitrogen and oxygen atoms in total. The fourth-order valence-corrected chi connectivity index (χ4v) is 3.62. The smallest absolute Gasteiger partial charge is 0.124 e. The average molecular weight is 293 g/mol. The van der Waals surface area contributed by atoms with Gasteiger partial charge >= 0.3 is 0 Å². The van der Waals surface area contributed by atoms with Crippen molar-refractivity contribution in [3.05, 3.63) is 23.3 Å². The molecule has 0 saturated heterocycles. The second-order valence-electron chi connectivity index (χ2n) is 5.80. The van der Waals surface area contributed by atoms with Gasteiger partial charge in [0.05, 0.1) is 20.8 Å². The minimum atomic E-state index is -0.0218. The van der Waals surface area contributed by atoms with E-state index in [-0.39, 0.29) is 5.41 Å². The molecule has 1 aromatic rings. The summed E-state index contributed by atoms with van der Waals surface area (Å²) in [5.74, 6) is 1.75. The summed E-state index contributed by atoms with van der Waals surface area (Å²) in [6, 6.07) is 3.93. The number of benzene rings is 1. The van der Waals surface area contributed by atoms with Crippen molar-refractivity contribution in [1.29, 1.82) is 0 Å². The molecular weight excluding hydrogens is 266 g/mol. The van der Waals surface area contributed by atoms with Crippen molar-refractivity contribution in [2.75, 3.05) is 27.9 Å². The van der Waals surface area contributed by atoms with Crippen LogP contribution in [-0.2, 0) is 16.8 Å². The Morgan fingerprint density at radius 3 is 2.14 bits per heavy atom. The topological polar surface area (TPSA) is 53.7 Å². The molecule has 0 atom stereocenters. The lowest BCUT2D eigenvalue weighted by molar-refractivity contribution is 0.176. The first-order chi connectivity index (χ1) is 10.2. The summed E-state index contributed by atoms with van der Waals surface area (Å²) in [6.45, 7) is 1.14. The van der Waals surface area contributed by atoms with Crippen molar-refractivity contribution in [2.24, 2.45) is 5.73 Å². The van der Waals surface area contributed by atoms with Crippen LogP contribution >= 0.6 is 0 Å². The third-order valence-electron chi connectivity index (χ3n) is 4.69. The highest BCUT2D eigenvalue weighted by Crippen LogP contribution is 2.46. The third kappa shape index (κ3) is 3.01. The molecule has 0 spiro atoms. The van der Waals surface area contributed by atoms with E-state index in [0.29, 0.717) is 13.2 Å². The maximum absolute atomic E-state index is 6.21. The lowest BCUT2D eigenvalue weighted by Gasteiger charge is -2.39. The van der Waals surface area contributed by atoms with E-state index in [0.717, 1.165) is 29.9 Å². The van der Waals surface area contributed by atoms with Crippen LogP contribution in [0.2, 0.25) is 0 Å². The molecule has 0 radical (unpaired) electrons. The summed E-state index contributed by atoms with van der Waals surface area (Å²) in [7, 11) is 5.12. The zero-order chi connectivity index (χ0) is 15.3. The lowest BCUT2D eigenvalue weighted by Crippen LogP contribution is -2.38. The van der Waals surface area contributed by atoms with Gasteiger partial charge in [-0.2, -0.15) is 0 Å². The molecule has 0 aliphatic heterocycles. The summed E-state index contributed by atoms with van der Waals surface area (Å²) in [6.07, 6.45) is 5.91. The molecule has 0 unspecified atom stereocenters. The zero-order valence-corrected chi connectivity index (χ0v) is 13.4. The molecular formula is C17H27NO3. The van der Waals surface area contributed by atoms with Crippen LogP contribution in [0.3, 0.4) is 0 Å². The Balaban J connectivity index is 2.61. The Kier molecular flexibility index (Phi) is 5.48. The van der Waals surface area contributed by atoms with Crippen molar-refractivity contribution in [1.82, 2.24) is 0 Å². The molecule has 0 bridgehead atoms. The van der Waals surface area contributed by atoms with Gasteiger partial charge in [0.1, 0.15) is 11.5 Å². The van der Waals surface area contributed by atoms with Gasteiger partial charge < -0.3 is 19.9 Å². The quantitative estimate of drug-likeness (QED) is 0.876. The molecule has 118 valence electrons. The molecule has 1 aromatic carbocycles. The normalized spacial score (nSPS) is 17.5. The van der Waals surface area contributed by atoms with E-state index < -0.39 is 0 Å². The van der Waals surface area contributed by atoms with Crippen molar-refractivity contribution >= 4 is 0 Å². The number of hydrogen-bond donors (Lipinski definition) is 1. The molecule has 1 aliphatic rings. The number of nitrogens with two attached hydrogens (primary N) is 1. The third-order valence-corrected chi connectivity index (χ3v) is 4.69. The highest BCUT2D eigenvalue weighted by atomic mass is 16.5. The minimum absolute atomic E-state index is 0.0218. The van der Waals surface area contributed by atoms with Crippen LogP contribution in [0.15, 0.2) is 12.1 Å². The lowest BCUT2D eigenvalue weighted by atomic mass is 9.67. The van der Waals surface area contributed by atoms with Gasteiger partial charge in [0.25, 0.3) is 0 Å². The summed E-state index contributed by atoms with van der Waals surface area (Å²) in [5.41, 5.74) is 8.46. The highest BCUT2D eigenvalue weighted by molar-refractivity contribution is 5.53. The van der Waals surface area contributed by atoms with Gasteiger partial charge in [-0.1, -0.05) is 19.3 Å². The number of hydrogen-bond acceptors (Lipinski definition) is 4. The van der Waals surface area contributed by atoms with Gasteiger partial charge in [0, 0.05) is 30.2 Å². The van der Waals surface area contributed by atoms with Gasteiger partial charge in [-0.15, -0.1) is 0 Å². The maximum atomic E-state index is 6.21. The van der Waals surface area contributed by atoms with Crippen LogP contribution < -0.4 is 15.2 Å². The molecule has 2 N–H and O–H groups in total. The molecule has 21 heavy (non-hydrogen) atoms. The molecule has 0 heterocycles. The van der Waals surface area contributed by atoms with Crippen molar-refractivity contribution < 1.29 is 14.2 Å². The van der Waals surface area contributed by atoms with Crippen molar-refractivity contribution in [3.63, 3.8) is 0 Å². The minimum Gasteiger partial charge on any atom is -0.496 e. The monoisotopic (exact) mass is 293 g/mol. The van der Waals surface area contributed by atoms with E-state index in [9.17, 15) is 0 Å². The standard InChI is InChI=1S/C17H27NO3/c1-19-11-13-14(20-2)7-8-15(21-3)16(13)17(12-18)9-5-4-6-10-17/h7-8H,4-6,9-12,18H2,1-3H3. The Morgan fingerprint density at radius 1 is 1.00 bits per heavy atom. The molecule has 1 fully saturated rings. The summed E-state index contributed by atoms with van der Waals surface area (Å²) < 4.78 is 16.6. The molecule has 0 amide bonds. The van der Waals surface area contributed by atoms with Crippen LogP contribution in [-0.4, -0.2) is 27.9 Å². The van der Waals surface area contributed by atoms with Crippen LogP contribution in [0.1, 0.15) is 43.2 Å². The zero-order valence-electron chi connectivity index (χ0n) is 13.4. The Hall–Kier alpha value is -1.26. The van der Waals surface area contributed by atoms with Gasteiger partial charge in [0.2, 0.25) is 0 Å². The highest BCUT2D eigenvalue weighted by Gasteiger charge is 2.37. The summed E-state index contributed by atoms with van der Waals surface area (Å²) in [4.78, 5) is 0. The van der Waals surface area contributed by atoms with E-state index >= 15 is 0 Å². The summed E-state index contributed by atoms with van der Waals surface area (Å²) in [5, 5.41) is 0. The fourth-order valence-electron chi connectivity index (χ4n) is 3.62. The maximum Gasteiger partial charge on any atom is 0.124 e. The van der Waals surface area contributed by atoms with Gasteiger partial charge in [-0.25, -0.2) is 0 Å². The van der Waals surface area contributed by atoms with Gasteiger partial charge in [0.15, 0.2) is 0 Å². The molecule has 0 aromatic heterocycles. The second-order valence-corrected chi connectivity index (χ2v) is 5.80. The van der Waals surface area contributed by atoms with Crippen LogP contribution in [0.5, 0.6) is 11.5 Å². The molecule has 1 aliphatic carbocycles. The SMILES string of the molecule is COCc1c(OC)ccc(OC)c1C1(CN)CCCCC1. The largest absolute Gasteiger partial charge is 0.496 e. The molecule has 1 saturated carbocycles. The predicted octanol–water partition coefficient (Wildman–Crippen LogP) is 3.01. The van der Waals surface area contributed by atoms with Crippen LogP contribution in [0, 0.1) is 0 Å². The van der Waals surface area contributed by atoms with E-state index in [1.165, 1.54) is 24.8 Å². The Morgan fingerprint density at radius 2 is 1.62 bits per heavy atom. The number of rotatable bonds is 6. The van der Waals surface area contributed by atoms with E-state index in [1.807, 2.05) is 12.1 Å². The van der Waals surface area contributed by atoms with Crippen LogP contribution in [0.25, 0.3) is 0 Å². The van der Waals surface area contributed by atoms with Gasteiger partial charge in [-0.3, -0.25) is 0 Å². The number of ether oxygens (including phenoxy) is 3. The van der Waals surface area contributed by atoms with Crippen LogP contribution in [0.4, 0.5) is 0 Å². The summed E-state index contributed by atoms with van der Waals surface area (Å²) >= 11 is 0. The van der Waals surface area contributed by atoms with E-state index in [4.69, 9.17) is 19.9 Å². The van der Waals surface area contributed by atoms with E-state index in [2.05, 4.69) is 0 Å². The number of methoxy groups -OCH3 is 3. The fraction of sp³-hybridized carbons (Fsp3) is 0.647. The van der Waals surface area contributed by atoms with E-state index in [1.54, 1.807) is 21.3 Å². The van der Waals surface area contributed by atoms with Gasteiger partial charge in [-0.05, 0) is 25.0 Å². The second kappa shape index (κ2) is 7.14.